The van der Waals surface area contributed by atoms with Crippen molar-refractivity contribution in [1.29, 1.82) is 0 Å². The van der Waals surface area contributed by atoms with E-state index in [0.29, 0.717) is 0 Å². The molecule has 0 saturated heterocycles. The lowest BCUT2D eigenvalue weighted by Gasteiger charge is -2.16. The first-order chi connectivity index (χ1) is 35.1. The number of hydrogen-bond donors (Lipinski definition) is 0. The number of pyridine rings is 3. The van der Waals surface area contributed by atoms with Crippen LogP contribution in [0.5, 0.6) is 0 Å². The average Bonchev–Trinajstić information content (AvgIpc) is 3.84. The van der Waals surface area contributed by atoms with E-state index in [0.717, 1.165) is 109 Å². The van der Waals surface area contributed by atoms with Crippen molar-refractivity contribution >= 4 is 21.9 Å². The van der Waals surface area contributed by atoms with Gasteiger partial charge in [-0.2, -0.15) is 0 Å². The highest BCUT2D eigenvalue weighted by atomic mass is 16.3. The van der Waals surface area contributed by atoms with Crippen LogP contribution in [-0.2, 0) is 25.7 Å². The molecular formula is C67H49N3O. The second kappa shape index (κ2) is 19.6. The van der Waals surface area contributed by atoms with Crippen molar-refractivity contribution in [3.8, 4) is 78.3 Å². The molecule has 4 nitrogen and oxygen atoms in total. The molecule has 0 radical (unpaired) electrons. The van der Waals surface area contributed by atoms with Crippen molar-refractivity contribution < 1.29 is 4.42 Å². The van der Waals surface area contributed by atoms with Gasteiger partial charge in [-0.15, -0.1) is 0 Å². The second-order valence-corrected chi connectivity index (χ2v) is 18.3. The molecule has 4 heteroatoms. The summed E-state index contributed by atoms with van der Waals surface area (Å²) in [5, 5.41) is 2.22. The van der Waals surface area contributed by atoms with Gasteiger partial charge in [0.1, 0.15) is 11.2 Å². The number of fused-ring (bicyclic) bond motifs is 3. The van der Waals surface area contributed by atoms with Gasteiger partial charge in [-0.05, 0) is 135 Å². The quantitative estimate of drug-likeness (QED) is 0.116. The highest BCUT2D eigenvalue weighted by Crippen LogP contribution is 2.43. The Kier molecular flexibility index (Phi) is 11.9. The molecule has 0 N–H and O–H groups in total. The molecule has 0 bridgehead atoms. The third kappa shape index (κ3) is 9.32. The van der Waals surface area contributed by atoms with Crippen LogP contribution >= 0.6 is 0 Å². The Labute approximate surface area is 414 Å². The van der Waals surface area contributed by atoms with Crippen molar-refractivity contribution in [2.24, 2.45) is 0 Å². The lowest BCUT2D eigenvalue weighted by Crippen LogP contribution is -1.98. The fourth-order valence-electron chi connectivity index (χ4n) is 9.91. The largest absolute Gasteiger partial charge is 0.455 e. The topological polar surface area (TPSA) is 51.8 Å². The SMILES string of the molecule is c1ccc(-c2ccc(-c3ccnc(-c4ccc(-c5c(-c6cc(CCc7ccc(-c8ccccn8)cc7)cc(CCc7ccc(-c8ccccn8)cc7)c6)ccc6c5oc5ccccc56)cc4)c3)cc2)cc1. The standard InChI is InChI=1S/C67H49N3O/c1-2-10-50(11-3-1)51-28-30-52(31-29-51)57-38-41-70-64(45-57)55-32-34-56(35-33-55)66-59(36-37-61-60-12-4-5-15-65(60)71-67(61)66)58-43-48(18-16-46-20-24-53(25-21-46)62-13-6-8-39-68-62)42-49(44-58)19-17-47-22-26-54(27-23-47)63-14-7-9-40-69-63/h1-15,20-45H,16-19H2. The summed E-state index contributed by atoms with van der Waals surface area (Å²) in [6, 6.07) is 82.4. The summed E-state index contributed by atoms with van der Waals surface area (Å²) < 4.78 is 6.85. The maximum absolute atomic E-state index is 6.85. The molecule has 0 amide bonds. The molecule has 0 aliphatic heterocycles. The summed E-state index contributed by atoms with van der Waals surface area (Å²) in [6.07, 6.45) is 9.27. The molecular weight excluding hydrogens is 863 g/mol. The van der Waals surface area contributed by atoms with E-state index in [1.807, 2.05) is 48.9 Å². The third-order valence-electron chi connectivity index (χ3n) is 13.7. The zero-order chi connectivity index (χ0) is 47.3. The molecule has 0 fully saturated rings. The smallest absolute Gasteiger partial charge is 0.143 e. The first-order valence-corrected chi connectivity index (χ1v) is 24.5. The minimum absolute atomic E-state index is 0.882. The van der Waals surface area contributed by atoms with E-state index in [1.165, 1.54) is 38.9 Å². The summed E-state index contributed by atoms with van der Waals surface area (Å²) in [6.45, 7) is 0. The van der Waals surface area contributed by atoms with E-state index in [4.69, 9.17) is 9.40 Å². The molecule has 71 heavy (non-hydrogen) atoms. The van der Waals surface area contributed by atoms with Crippen LogP contribution in [0.1, 0.15) is 22.3 Å². The van der Waals surface area contributed by atoms with Gasteiger partial charge in [0.2, 0.25) is 0 Å². The first-order valence-electron chi connectivity index (χ1n) is 24.5. The molecule has 4 aromatic heterocycles. The summed E-state index contributed by atoms with van der Waals surface area (Å²) >= 11 is 0. The predicted molar refractivity (Wildman–Crippen MR) is 293 cm³/mol. The molecule has 0 aliphatic carbocycles. The molecule has 0 aliphatic rings. The van der Waals surface area contributed by atoms with Gasteiger partial charge in [0, 0.05) is 51.6 Å². The lowest BCUT2D eigenvalue weighted by molar-refractivity contribution is 0.670. The Bertz CT molecular complexity index is 3650. The van der Waals surface area contributed by atoms with E-state index in [2.05, 4.69) is 210 Å². The fraction of sp³-hybridized carbons (Fsp3) is 0.0597. The predicted octanol–water partition coefficient (Wildman–Crippen LogP) is 17.0. The van der Waals surface area contributed by atoms with Crippen molar-refractivity contribution in [2.45, 2.75) is 25.7 Å². The number of para-hydroxylation sites is 1. The zero-order valence-electron chi connectivity index (χ0n) is 39.2. The summed E-state index contributed by atoms with van der Waals surface area (Å²) in [7, 11) is 0. The van der Waals surface area contributed by atoms with Crippen LogP contribution < -0.4 is 0 Å². The van der Waals surface area contributed by atoms with E-state index < -0.39 is 0 Å². The van der Waals surface area contributed by atoms with Gasteiger partial charge in [0.15, 0.2) is 0 Å². The Hall–Kier alpha value is -8.99. The molecule has 0 unspecified atom stereocenters. The summed E-state index contributed by atoms with van der Waals surface area (Å²) in [5.74, 6) is 0. The molecule has 8 aromatic carbocycles. The van der Waals surface area contributed by atoms with Gasteiger partial charge in [-0.3, -0.25) is 15.0 Å². The number of furan rings is 1. The molecule has 12 aromatic rings. The van der Waals surface area contributed by atoms with Crippen LogP contribution in [0.3, 0.4) is 0 Å². The van der Waals surface area contributed by atoms with Crippen molar-refractivity contribution in [2.75, 3.05) is 0 Å². The molecule has 4 heterocycles. The minimum atomic E-state index is 0.882. The first kappa shape index (κ1) is 43.3. The molecule has 0 atom stereocenters. The molecule has 338 valence electrons. The van der Waals surface area contributed by atoms with Crippen LogP contribution in [0.15, 0.2) is 254 Å². The van der Waals surface area contributed by atoms with Gasteiger partial charge in [0.05, 0.1) is 17.1 Å². The number of rotatable bonds is 13. The maximum Gasteiger partial charge on any atom is 0.143 e. The van der Waals surface area contributed by atoms with E-state index in [9.17, 15) is 0 Å². The number of aromatic nitrogens is 3. The fourth-order valence-corrected chi connectivity index (χ4v) is 9.91. The Balaban J connectivity index is 0.896. The van der Waals surface area contributed by atoms with E-state index in [1.54, 1.807) is 0 Å². The summed E-state index contributed by atoms with van der Waals surface area (Å²) in [4.78, 5) is 14.0. The normalized spacial score (nSPS) is 11.3. The molecule has 0 spiro atoms. The highest BCUT2D eigenvalue weighted by molar-refractivity contribution is 6.12. The van der Waals surface area contributed by atoms with Crippen LogP contribution in [0.4, 0.5) is 0 Å². The Morgan fingerprint density at radius 2 is 0.775 bits per heavy atom. The van der Waals surface area contributed by atoms with Crippen molar-refractivity contribution in [1.82, 2.24) is 15.0 Å². The zero-order valence-corrected chi connectivity index (χ0v) is 39.2. The van der Waals surface area contributed by atoms with Crippen molar-refractivity contribution in [3.63, 3.8) is 0 Å². The monoisotopic (exact) mass is 911 g/mol. The third-order valence-corrected chi connectivity index (χ3v) is 13.7. The van der Waals surface area contributed by atoms with Crippen molar-refractivity contribution in [3.05, 3.63) is 271 Å². The number of benzene rings is 8. The van der Waals surface area contributed by atoms with Crippen LogP contribution in [0.25, 0.3) is 100 Å². The summed E-state index contributed by atoms with van der Waals surface area (Å²) in [5.41, 5.74) is 22.4. The van der Waals surface area contributed by atoms with Crippen LogP contribution in [0.2, 0.25) is 0 Å². The van der Waals surface area contributed by atoms with Gasteiger partial charge >= 0.3 is 0 Å². The van der Waals surface area contributed by atoms with Crippen LogP contribution in [0, 0.1) is 0 Å². The second-order valence-electron chi connectivity index (χ2n) is 18.3. The Morgan fingerprint density at radius 3 is 1.39 bits per heavy atom. The number of hydrogen-bond acceptors (Lipinski definition) is 4. The van der Waals surface area contributed by atoms with Gasteiger partial charge in [0.25, 0.3) is 0 Å². The van der Waals surface area contributed by atoms with E-state index >= 15 is 0 Å². The highest BCUT2D eigenvalue weighted by Gasteiger charge is 2.19. The Morgan fingerprint density at radius 1 is 0.282 bits per heavy atom. The van der Waals surface area contributed by atoms with Gasteiger partial charge in [-0.1, -0.05) is 182 Å². The van der Waals surface area contributed by atoms with E-state index in [-0.39, 0.29) is 0 Å². The van der Waals surface area contributed by atoms with Gasteiger partial charge < -0.3 is 4.42 Å². The van der Waals surface area contributed by atoms with Crippen LogP contribution in [-0.4, -0.2) is 15.0 Å². The average molecular weight is 912 g/mol. The molecule has 12 rings (SSSR count). The lowest BCUT2D eigenvalue weighted by atomic mass is 9.88. The molecule has 0 saturated carbocycles. The minimum Gasteiger partial charge on any atom is -0.455 e. The van der Waals surface area contributed by atoms with Gasteiger partial charge in [-0.25, -0.2) is 0 Å². The maximum atomic E-state index is 6.85. The number of aryl methyl sites for hydroxylation is 4. The number of nitrogens with zero attached hydrogens (tertiary/aromatic N) is 3.